The molecule has 7 nitrogen and oxygen atoms in total. The molecule has 0 unspecified atom stereocenters. The van der Waals surface area contributed by atoms with Gasteiger partial charge in [0.25, 0.3) is 0 Å². The van der Waals surface area contributed by atoms with Gasteiger partial charge in [-0.05, 0) is 30.3 Å². The number of hydrogen-bond acceptors (Lipinski definition) is 5. The molecular formula is C23H26ClN3O4. The summed E-state index contributed by atoms with van der Waals surface area (Å²) in [6.07, 6.45) is 2.00. The largest absolute Gasteiger partial charge is 0.497 e. The number of para-hydroxylation sites is 2. The van der Waals surface area contributed by atoms with Crippen molar-refractivity contribution in [2.24, 2.45) is 0 Å². The molecule has 31 heavy (non-hydrogen) atoms. The lowest BCUT2D eigenvalue weighted by molar-refractivity contribution is -0.00955. The highest BCUT2D eigenvalue weighted by atomic mass is 35.5. The van der Waals surface area contributed by atoms with Crippen molar-refractivity contribution >= 4 is 29.2 Å². The molecule has 3 aromatic rings. The number of rotatable bonds is 4. The Kier molecular flexibility index (Phi) is 5.81. The summed E-state index contributed by atoms with van der Waals surface area (Å²) >= 11 is 0. The van der Waals surface area contributed by atoms with Crippen molar-refractivity contribution < 1.29 is 14.3 Å². The monoisotopic (exact) mass is 443 g/mol. The lowest BCUT2D eigenvalue weighted by Gasteiger charge is -2.44. The zero-order chi connectivity index (χ0) is 20.7. The highest BCUT2D eigenvalue weighted by Crippen LogP contribution is 2.40. The first kappa shape index (κ1) is 21.5. The third-order valence-electron chi connectivity index (χ3n) is 6.39. The molecule has 2 aliphatic heterocycles. The van der Waals surface area contributed by atoms with Crippen LogP contribution in [0.25, 0.3) is 11.0 Å². The second kappa shape index (κ2) is 8.40. The highest BCUT2D eigenvalue weighted by molar-refractivity contribution is 6.00. The molecule has 0 atom stereocenters. The van der Waals surface area contributed by atoms with E-state index < -0.39 is 5.60 Å². The summed E-state index contributed by atoms with van der Waals surface area (Å²) < 4.78 is 13.4. The van der Waals surface area contributed by atoms with Crippen LogP contribution in [0.5, 0.6) is 11.5 Å². The second-order valence-corrected chi connectivity index (χ2v) is 8.19. The number of imidazole rings is 1. The number of Topliss-reactive ketones (excluding diaryl/α,β-unsaturated/α-hetero) is 1. The first-order chi connectivity index (χ1) is 14.6. The number of methoxy groups -OCH3 is 1. The molecule has 0 amide bonds. The first-order valence-corrected chi connectivity index (χ1v) is 10.4. The zero-order valence-corrected chi connectivity index (χ0v) is 18.2. The number of ether oxygens (including phenoxy) is 2. The van der Waals surface area contributed by atoms with Crippen molar-refractivity contribution in [3.8, 4) is 11.5 Å². The molecule has 0 aliphatic carbocycles. The SMILES string of the molecule is COc1ccc2c(c1)C(=O)CC1(CCN(CCn3c(=O)[nH]c4ccccc43)CC1)O2.Cl. The highest BCUT2D eigenvalue weighted by Gasteiger charge is 2.42. The summed E-state index contributed by atoms with van der Waals surface area (Å²) in [7, 11) is 1.59. The topological polar surface area (TPSA) is 76.6 Å². The number of aromatic amines is 1. The van der Waals surface area contributed by atoms with Crippen molar-refractivity contribution in [3.05, 3.63) is 58.5 Å². The van der Waals surface area contributed by atoms with Crippen molar-refractivity contribution in [1.82, 2.24) is 14.5 Å². The van der Waals surface area contributed by atoms with Gasteiger partial charge in [0.05, 0.1) is 30.1 Å². The van der Waals surface area contributed by atoms with E-state index in [-0.39, 0.29) is 23.9 Å². The number of aromatic nitrogens is 2. The van der Waals surface area contributed by atoms with Gasteiger partial charge in [-0.1, -0.05) is 12.1 Å². The van der Waals surface area contributed by atoms with Crippen LogP contribution in [0.2, 0.25) is 0 Å². The van der Waals surface area contributed by atoms with Gasteiger partial charge in [-0.15, -0.1) is 12.4 Å². The predicted molar refractivity (Wildman–Crippen MR) is 121 cm³/mol. The minimum absolute atomic E-state index is 0. The maximum absolute atomic E-state index is 12.8. The fourth-order valence-corrected chi connectivity index (χ4v) is 4.63. The van der Waals surface area contributed by atoms with Crippen LogP contribution in [0.15, 0.2) is 47.3 Å². The number of H-pyrrole nitrogens is 1. The Hall–Kier alpha value is -2.77. The summed E-state index contributed by atoms with van der Waals surface area (Å²) in [5.41, 5.74) is 1.92. The molecule has 1 saturated heterocycles. The Balaban J connectivity index is 0.00000231. The molecule has 3 heterocycles. The Morgan fingerprint density at radius 1 is 1.10 bits per heavy atom. The lowest BCUT2D eigenvalue weighted by atomic mass is 9.82. The molecule has 1 aromatic heterocycles. The Morgan fingerprint density at radius 2 is 1.87 bits per heavy atom. The van der Waals surface area contributed by atoms with Crippen LogP contribution >= 0.6 is 12.4 Å². The number of piperidine rings is 1. The first-order valence-electron chi connectivity index (χ1n) is 10.4. The average molecular weight is 444 g/mol. The van der Waals surface area contributed by atoms with E-state index in [2.05, 4.69) is 9.88 Å². The number of nitrogens with one attached hydrogen (secondary N) is 1. The number of carbonyl (C=O) groups excluding carboxylic acids is 1. The summed E-state index contributed by atoms with van der Waals surface area (Å²) in [6.45, 7) is 3.11. The Labute approximate surface area is 186 Å². The second-order valence-electron chi connectivity index (χ2n) is 8.19. The molecule has 2 aromatic carbocycles. The number of ketones is 1. The molecule has 0 radical (unpaired) electrons. The van der Waals surface area contributed by atoms with E-state index in [9.17, 15) is 9.59 Å². The molecule has 1 N–H and O–H groups in total. The van der Waals surface area contributed by atoms with Crippen molar-refractivity contribution in [2.45, 2.75) is 31.4 Å². The number of benzene rings is 2. The van der Waals surface area contributed by atoms with E-state index in [1.807, 2.05) is 36.4 Å². The summed E-state index contributed by atoms with van der Waals surface area (Å²) in [4.78, 5) is 30.3. The minimum Gasteiger partial charge on any atom is -0.497 e. The molecule has 1 fully saturated rings. The summed E-state index contributed by atoms with van der Waals surface area (Å²) in [5.74, 6) is 1.45. The molecular weight excluding hydrogens is 418 g/mol. The average Bonchev–Trinajstić information content (AvgIpc) is 3.08. The van der Waals surface area contributed by atoms with Gasteiger partial charge in [0.1, 0.15) is 17.1 Å². The van der Waals surface area contributed by atoms with Crippen LogP contribution in [0.3, 0.4) is 0 Å². The number of carbonyl (C=O) groups is 1. The summed E-state index contributed by atoms with van der Waals surface area (Å²) in [5, 5.41) is 0. The van der Waals surface area contributed by atoms with Gasteiger partial charge in [0.2, 0.25) is 0 Å². The predicted octanol–water partition coefficient (Wildman–Crippen LogP) is 3.26. The van der Waals surface area contributed by atoms with E-state index in [4.69, 9.17) is 9.47 Å². The van der Waals surface area contributed by atoms with E-state index in [1.54, 1.807) is 17.7 Å². The third-order valence-corrected chi connectivity index (χ3v) is 6.39. The molecule has 5 rings (SSSR count). The van der Waals surface area contributed by atoms with Gasteiger partial charge in [-0.3, -0.25) is 9.36 Å². The van der Waals surface area contributed by atoms with E-state index in [0.29, 0.717) is 30.0 Å². The van der Waals surface area contributed by atoms with Gasteiger partial charge in [-0.2, -0.15) is 0 Å². The number of fused-ring (bicyclic) bond motifs is 2. The van der Waals surface area contributed by atoms with E-state index in [0.717, 1.165) is 43.5 Å². The normalized spacial score (nSPS) is 17.8. The number of nitrogens with zero attached hydrogens (tertiary/aromatic N) is 2. The number of likely N-dealkylation sites (tertiary alicyclic amines) is 1. The lowest BCUT2D eigenvalue weighted by Crippen LogP contribution is -2.51. The number of hydrogen-bond donors (Lipinski definition) is 1. The fraction of sp³-hybridized carbons (Fsp3) is 0.391. The summed E-state index contributed by atoms with van der Waals surface area (Å²) in [6, 6.07) is 13.2. The van der Waals surface area contributed by atoms with Crippen molar-refractivity contribution in [1.29, 1.82) is 0 Å². The maximum Gasteiger partial charge on any atom is 0.326 e. The van der Waals surface area contributed by atoms with Gasteiger partial charge >= 0.3 is 5.69 Å². The molecule has 8 heteroatoms. The molecule has 164 valence electrons. The Bertz CT molecular complexity index is 1160. The van der Waals surface area contributed by atoms with E-state index in [1.165, 1.54) is 0 Å². The van der Waals surface area contributed by atoms with E-state index >= 15 is 0 Å². The van der Waals surface area contributed by atoms with Gasteiger partial charge in [0, 0.05) is 39.0 Å². The molecule has 0 bridgehead atoms. The molecule has 1 spiro atoms. The third kappa shape index (κ3) is 3.95. The van der Waals surface area contributed by atoms with Crippen molar-refractivity contribution in [3.63, 3.8) is 0 Å². The number of halogens is 1. The molecule has 2 aliphatic rings. The van der Waals surface area contributed by atoms with Crippen LogP contribution in [-0.4, -0.2) is 52.6 Å². The quantitative estimate of drug-likeness (QED) is 0.669. The van der Waals surface area contributed by atoms with Crippen LogP contribution < -0.4 is 15.2 Å². The van der Waals surface area contributed by atoms with Crippen molar-refractivity contribution in [2.75, 3.05) is 26.7 Å². The maximum atomic E-state index is 12.8. The Morgan fingerprint density at radius 3 is 2.65 bits per heavy atom. The fourth-order valence-electron chi connectivity index (χ4n) is 4.63. The van der Waals surface area contributed by atoms with Gasteiger partial charge in [0.15, 0.2) is 5.78 Å². The minimum atomic E-state index is -0.424. The van der Waals surface area contributed by atoms with Crippen LogP contribution in [0.4, 0.5) is 0 Å². The standard InChI is InChI=1S/C23H25N3O4.ClH/c1-29-16-6-7-21-17(14-16)20(27)15-23(30-21)8-10-25(11-9-23)12-13-26-19-5-3-2-4-18(19)24-22(26)28;/h2-7,14H,8-13,15H2,1H3,(H,24,28);1H. The van der Waals surface area contributed by atoms with Gasteiger partial charge < -0.3 is 19.4 Å². The molecule has 0 saturated carbocycles. The van der Waals surface area contributed by atoms with Crippen LogP contribution in [-0.2, 0) is 6.54 Å². The van der Waals surface area contributed by atoms with Gasteiger partial charge in [-0.25, -0.2) is 4.79 Å². The zero-order valence-electron chi connectivity index (χ0n) is 17.4. The van der Waals surface area contributed by atoms with Crippen LogP contribution in [0, 0.1) is 0 Å². The smallest absolute Gasteiger partial charge is 0.326 e. The van der Waals surface area contributed by atoms with Crippen LogP contribution in [0.1, 0.15) is 29.6 Å².